The van der Waals surface area contributed by atoms with E-state index in [4.69, 9.17) is 9.47 Å². The molecule has 0 aromatic rings. The lowest BCUT2D eigenvalue weighted by molar-refractivity contribution is -0.162. The van der Waals surface area contributed by atoms with Gasteiger partial charge in [-0.2, -0.15) is 0 Å². The molecule has 4 atom stereocenters. The highest BCUT2D eigenvalue weighted by atomic mass is 16.5. The summed E-state index contributed by atoms with van der Waals surface area (Å²) in [5.41, 5.74) is 0.563. The smallest absolute Gasteiger partial charge is 0.112 e. The minimum atomic E-state index is -1.08. The number of allylic oxidation sites excluding steroid dienone is 1. The summed E-state index contributed by atoms with van der Waals surface area (Å²) in [6.45, 7) is 14.0. The highest BCUT2D eigenvalue weighted by Crippen LogP contribution is 2.27. The molecule has 0 aromatic carbocycles. The molecule has 22 heavy (non-hydrogen) atoms. The molecule has 0 aromatic heterocycles. The normalized spacial score (nSPS) is 30.0. The van der Waals surface area contributed by atoms with Gasteiger partial charge in [-0.15, -0.1) is 0 Å². The molecule has 5 nitrogen and oxygen atoms in total. The van der Waals surface area contributed by atoms with Gasteiger partial charge >= 0.3 is 0 Å². The summed E-state index contributed by atoms with van der Waals surface area (Å²) in [6.07, 6.45) is 0.0416. The molecule has 0 spiro atoms. The zero-order valence-electron chi connectivity index (χ0n) is 13.7. The van der Waals surface area contributed by atoms with Crippen LogP contribution in [0.5, 0.6) is 0 Å². The van der Waals surface area contributed by atoms with Gasteiger partial charge in [-0.25, -0.2) is 0 Å². The van der Waals surface area contributed by atoms with Crippen LogP contribution in [0.25, 0.3) is 0 Å². The van der Waals surface area contributed by atoms with Gasteiger partial charge < -0.3 is 24.8 Å². The van der Waals surface area contributed by atoms with Crippen LogP contribution in [-0.4, -0.2) is 52.9 Å². The van der Waals surface area contributed by atoms with Crippen molar-refractivity contribution in [1.29, 1.82) is 0 Å². The zero-order valence-corrected chi connectivity index (χ0v) is 13.7. The minimum Gasteiger partial charge on any atom is -0.494 e. The van der Waals surface area contributed by atoms with Gasteiger partial charge in [-0.3, -0.25) is 0 Å². The van der Waals surface area contributed by atoms with Crippen LogP contribution in [0.3, 0.4) is 0 Å². The molecular weight excluding hydrogens is 284 g/mol. The van der Waals surface area contributed by atoms with Crippen LogP contribution in [0.4, 0.5) is 0 Å². The Morgan fingerprint density at radius 3 is 2.50 bits per heavy atom. The van der Waals surface area contributed by atoms with Crippen molar-refractivity contribution in [2.24, 2.45) is 5.41 Å². The van der Waals surface area contributed by atoms with Crippen molar-refractivity contribution in [2.75, 3.05) is 13.2 Å². The standard InChI is InChI=1S/C17H28O5/c1-6-12(7-11(2)21-10-17(3,4)5)16-15(20)14(19)8-13(9-18)22-16/h6-7,13-16,18-20H,1-2,8-10H2,3-5H3/b12-7+/t13?,14?,15?,16-/m1/s1. The van der Waals surface area contributed by atoms with Gasteiger partial charge in [0.2, 0.25) is 0 Å². The lowest BCUT2D eigenvalue weighted by Gasteiger charge is -2.37. The Kier molecular flexibility index (Phi) is 6.81. The Morgan fingerprint density at radius 2 is 2.00 bits per heavy atom. The second-order valence-electron chi connectivity index (χ2n) is 6.82. The molecule has 1 aliphatic rings. The van der Waals surface area contributed by atoms with Gasteiger partial charge in [0.1, 0.15) is 18.0 Å². The number of rotatable bonds is 6. The fourth-order valence-electron chi connectivity index (χ4n) is 2.14. The van der Waals surface area contributed by atoms with Crippen molar-refractivity contribution < 1.29 is 24.8 Å². The van der Waals surface area contributed by atoms with E-state index in [1.165, 1.54) is 6.08 Å². The summed E-state index contributed by atoms with van der Waals surface area (Å²) in [4.78, 5) is 0. The number of aliphatic hydroxyl groups excluding tert-OH is 3. The Balaban J connectivity index is 2.82. The van der Waals surface area contributed by atoms with E-state index in [0.29, 0.717) is 17.9 Å². The molecule has 1 fully saturated rings. The largest absolute Gasteiger partial charge is 0.494 e. The Hall–Kier alpha value is -1.14. The van der Waals surface area contributed by atoms with E-state index < -0.39 is 24.4 Å². The molecular formula is C17H28O5. The van der Waals surface area contributed by atoms with Crippen molar-refractivity contribution in [3.05, 3.63) is 36.6 Å². The van der Waals surface area contributed by atoms with Crippen LogP contribution in [0.2, 0.25) is 0 Å². The SMILES string of the molecule is C=C/C(=C\C(=C)OCC(C)(C)C)[C@H]1OC(CO)CC(O)C1O. The van der Waals surface area contributed by atoms with Gasteiger partial charge in [0, 0.05) is 6.42 Å². The molecule has 126 valence electrons. The summed E-state index contributed by atoms with van der Waals surface area (Å²) < 4.78 is 11.2. The molecule has 0 radical (unpaired) electrons. The second kappa shape index (κ2) is 7.92. The van der Waals surface area contributed by atoms with Crippen molar-refractivity contribution in [3.8, 4) is 0 Å². The average molecular weight is 312 g/mol. The summed E-state index contributed by atoms with van der Waals surface area (Å²) in [7, 11) is 0. The molecule has 1 rings (SSSR count). The van der Waals surface area contributed by atoms with Gasteiger partial charge in [-0.1, -0.05) is 40.0 Å². The molecule has 5 heteroatoms. The third kappa shape index (κ3) is 5.57. The van der Waals surface area contributed by atoms with E-state index in [2.05, 4.69) is 33.9 Å². The third-order valence-electron chi connectivity index (χ3n) is 3.33. The van der Waals surface area contributed by atoms with E-state index in [-0.39, 0.29) is 18.4 Å². The first-order valence-corrected chi connectivity index (χ1v) is 7.46. The Morgan fingerprint density at radius 1 is 1.36 bits per heavy atom. The fraction of sp³-hybridized carbons (Fsp3) is 0.647. The van der Waals surface area contributed by atoms with Crippen LogP contribution in [0, 0.1) is 5.41 Å². The molecule has 3 unspecified atom stereocenters. The maximum absolute atomic E-state index is 10.1. The molecule has 0 saturated carbocycles. The average Bonchev–Trinajstić information content (AvgIpc) is 2.44. The third-order valence-corrected chi connectivity index (χ3v) is 3.33. The molecule has 3 N–H and O–H groups in total. The number of hydrogen-bond acceptors (Lipinski definition) is 5. The first kappa shape index (κ1) is 18.9. The number of ether oxygens (including phenoxy) is 2. The van der Waals surface area contributed by atoms with Crippen LogP contribution >= 0.6 is 0 Å². The van der Waals surface area contributed by atoms with Crippen LogP contribution in [-0.2, 0) is 9.47 Å². The Labute approximate surface area is 132 Å². The predicted octanol–water partition coefficient (Wildman–Crippen LogP) is 1.55. The first-order chi connectivity index (χ1) is 10.2. The van der Waals surface area contributed by atoms with Crippen LogP contribution < -0.4 is 0 Å². The monoisotopic (exact) mass is 312 g/mol. The molecule has 1 saturated heterocycles. The lowest BCUT2D eigenvalue weighted by Crippen LogP contribution is -2.49. The van der Waals surface area contributed by atoms with Gasteiger partial charge in [-0.05, 0) is 17.1 Å². The van der Waals surface area contributed by atoms with Crippen LogP contribution in [0.1, 0.15) is 27.2 Å². The predicted molar refractivity (Wildman–Crippen MR) is 85.2 cm³/mol. The summed E-state index contributed by atoms with van der Waals surface area (Å²) in [5.74, 6) is 0.432. The van der Waals surface area contributed by atoms with E-state index in [1.54, 1.807) is 6.08 Å². The topological polar surface area (TPSA) is 79.2 Å². The summed E-state index contributed by atoms with van der Waals surface area (Å²) >= 11 is 0. The highest BCUT2D eigenvalue weighted by molar-refractivity contribution is 5.30. The molecule has 1 aliphatic heterocycles. The highest BCUT2D eigenvalue weighted by Gasteiger charge is 2.37. The van der Waals surface area contributed by atoms with Crippen molar-refractivity contribution >= 4 is 0 Å². The van der Waals surface area contributed by atoms with E-state index in [9.17, 15) is 15.3 Å². The first-order valence-electron chi connectivity index (χ1n) is 7.46. The maximum Gasteiger partial charge on any atom is 0.112 e. The lowest BCUT2D eigenvalue weighted by atomic mass is 9.93. The summed E-state index contributed by atoms with van der Waals surface area (Å²) in [5, 5.41) is 29.2. The minimum absolute atomic E-state index is 0.00412. The quantitative estimate of drug-likeness (QED) is 0.512. The molecule has 0 amide bonds. The van der Waals surface area contributed by atoms with Crippen molar-refractivity contribution in [3.63, 3.8) is 0 Å². The molecule has 0 bridgehead atoms. The van der Waals surface area contributed by atoms with Crippen molar-refractivity contribution in [2.45, 2.75) is 51.6 Å². The van der Waals surface area contributed by atoms with Gasteiger partial charge in [0.05, 0.1) is 25.4 Å². The fourth-order valence-corrected chi connectivity index (χ4v) is 2.14. The van der Waals surface area contributed by atoms with E-state index in [0.717, 1.165) is 0 Å². The van der Waals surface area contributed by atoms with Gasteiger partial charge in [0.25, 0.3) is 0 Å². The maximum atomic E-state index is 10.1. The van der Waals surface area contributed by atoms with Gasteiger partial charge in [0.15, 0.2) is 0 Å². The van der Waals surface area contributed by atoms with E-state index >= 15 is 0 Å². The van der Waals surface area contributed by atoms with Crippen molar-refractivity contribution in [1.82, 2.24) is 0 Å². The number of hydrogen-bond donors (Lipinski definition) is 3. The zero-order chi connectivity index (χ0) is 16.9. The molecule has 1 heterocycles. The second-order valence-corrected chi connectivity index (χ2v) is 6.82. The van der Waals surface area contributed by atoms with E-state index in [1.807, 2.05) is 0 Å². The number of aliphatic hydroxyl groups is 3. The van der Waals surface area contributed by atoms with Crippen LogP contribution in [0.15, 0.2) is 36.6 Å². The Bertz CT molecular complexity index is 421. The molecule has 0 aliphatic carbocycles. The summed E-state index contributed by atoms with van der Waals surface area (Å²) in [6, 6.07) is 0.